The van der Waals surface area contributed by atoms with E-state index in [2.05, 4.69) is 15.7 Å². The molecule has 5 rings (SSSR count). The van der Waals surface area contributed by atoms with Crippen LogP contribution in [-0.4, -0.2) is 51.4 Å². The van der Waals surface area contributed by atoms with Crippen LogP contribution in [0.3, 0.4) is 0 Å². The molecule has 0 unspecified atom stereocenters. The molecule has 0 saturated carbocycles. The molecule has 8 heteroatoms. The van der Waals surface area contributed by atoms with Crippen LogP contribution >= 0.6 is 0 Å². The molecule has 1 heterocycles. The second-order valence-electron chi connectivity index (χ2n) is 9.35. The van der Waals surface area contributed by atoms with E-state index in [0.29, 0.717) is 37.3 Å². The Kier molecular flexibility index (Phi) is 7.40. The first-order valence-electron chi connectivity index (χ1n) is 12.5. The number of nitrogens with one attached hydrogen (secondary N) is 1. The number of rotatable bonds is 7. The van der Waals surface area contributed by atoms with E-state index in [1.165, 1.54) is 0 Å². The number of benzene rings is 4. The molecule has 0 spiro atoms. The van der Waals surface area contributed by atoms with Crippen LogP contribution in [0.4, 0.5) is 5.69 Å². The van der Waals surface area contributed by atoms with Crippen molar-refractivity contribution in [2.75, 3.05) is 31.1 Å². The normalized spacial score (nSPS) is 14.7. The molecule has 1 fully saturated rings. The number of amides is 1. The highest BCUT2D eigenvalue weighted by atomic mass is 32.2. The van der Waals surface area contributed by atoms with Gasteiger partial charge >= 0.3 is 0 Å². The van der Waals surface area contributed by atoms with Crippen molar-refractivity contribution in [3.63, 3.8) is 0 Å². The van der Waals surface area contributed by atoms with Crippen molar-refractivity contribution in [1.29, 1.82) is 5.26 Å². The monoisotopic (exact) mass is 524 g/mol. The van der Waals surface area contributed by atoms with Crippen LogP contribution in [0.15, 0.2) is 102 Å². The van der Waals surface area contributed by atoms with Crippen molar-refractivity contribution in [1.82, 2.24) is 9.62 Å². The van der Waals surface area contributed by atoms with Gasteiger partial charge in [-0.15, -0.1) is 0 Å². The number of fused-ring (bicyclic) bond motifs is 1. The van der Waals surface area contributed by atoms with Crippen LogP contribution in [0.2, 0.25) is 0 Å². The maximum Gasteiger partial charge on any atom is 0.241 e. The largest absolute Gasteiger partial charge is 0.368 e. The van der Waals surface area contributed by atoms with E-state index in [4.69, 9.17) is 0 Å². The van der Waals surface area contributed by atoms with Gasteiger partial charge < -0.3 is 9.80 Å². The minimum atomic E-state index is -4.00. The van der Waals surface area contributed by atoms with E-state index in [0.717, 1.165) is 16.5 Å². The summed E-state index contributed by atoms with van der Waals surface area (Å²) in [7, 11) is -4.00. The Morgan fingerprint density at radius 3 is 2.29 bits per heavy atom. The Morgan fingerprint density at radius 1 is 0.842 bits per heavy atom. The summed E-state index contributed by atoms with van der Waals surface area (Å²) in [5.41, 5.74) is 2.27. The number of nitriles is 1. The van der Waals surface area contributed by atoms with Crippen molar-refractivity contribution in [3.8, 4) is 6.07 Å². The molecule has 0 aromatic heterocycles. The van der Waals surface area contributed by atoms with Crippen molar-refractivity contribution >= 4 is 32.4 Å². The number of hydrogen-bond acceptors (Lipinski definition) is 5. The fraction of sp³-hybridized carbons (Fsp3) is 0.200. The molecule has 1 saturated heterocycles. The predicted octanol–water partition coefficient (Wildman–Crippen LogP) is 3.95. The number of nitrogens with zero attached hydrogens (tertiary/aromatic N) is 3. The number of anilines is 1. The zero-order valence-electron chi connectivity index (χ0n) is 20.8. The highest BCUT2D eigenvalue weighted by molar-refractivity contribution is 7.89. The van der Waals surface area contributed by atoms with E-state index < -0.39 is 16.1 Å². The van der Waals surface area contributed by atoms with Crippen LogP contribution < -0.4 is 9.62 Å². The summed E-state index contributed by atoms with van der Waals surface area (Å²) in [6, 6.07) is 30.5. The number of carbonyl (C=O) groups excluding carboxylic acids is 1. The summed E-state index contributed by atoms with van der Waals surface area (Å²) < 4.78 is 29.6. The minimum absolute atomic E-state index is 0.105. The Labute approximate surface area is 223 Å². The molecule has 4 aromatic rings. The number of carbonyl (C=O) groups is 1. The average Bonchev–Trinajstić information content (AvgIpc) is 2.96. The molecule has 1 atom stereocenters. The van der Waals surface area contributed by atoms with Gasteiger partial charge in [0.15, 0.2) is 0 Å². The molecule has 1 aliphatic rings. The lowest BCUT2D eigenvalue weighted by molar-refractivity contribution is -0.133. The number of hydrogen-bond donors (Lipinski definition) is 1. The summed E-state index contributed by atoms with van der Waals surface area (Å²) in [6.45, 7) is 2.29. The summed E-state index contributed by atoms with van der Waals surface area (Å²) in [6.07, 6.45) is 0.139. The van der Waals surface area contributed by atoms with Crippen molar-refractivity contribution in [2.45, 2.75) is 17.4 Å². The van der Waals surface area contributed by atoms with Crippen molar-refractivity contribution < 1.29 is 13.2 Å². The highest BCUT2D eigenvalue weighted by Crippen LogP contribution is 2.21. The first kappa shape index (κ1) is 25.5. The smallest absolute Gasteiger partial charge is 0.241 e. The maximum atomic E-state index is 13.7. The summed E-state index contributed by atoms with van der Waals surface area (Å²) in [5.74, 6) is -0.274. The molecule has 192 valence electrons. The third kappa shape index (κ3) is 5.70. The zero-order chi connectivity index (χ0) is 26.5. The molecular weight excluding hydrogens is 496 g/mol. The molecule has 0 bridgehead atoms. The molecule has 38 heavy (non-hydrogen) atoms. The Morgan fingerprint density at radius 2 is 1.55 bits per heavy atom. The van der Waals surface area contributed by atoms with Gasteiger partial charge in [-0.25, -0.2) is 8.42 Å². The van der Waals surface area contributed by atoms with Gasteiger partial charge in [-0.1, -0.05) is 60.7 Å². The second-order valence-corrected chi connectivity index (χ2v) is 11.1. The summed E-state index contributed by atoms with van der Waals surface area (Å²) in [5, 5.41) is 11.0. The number of piperazine rings is 1. The van der Waals surface area contributed by atoms with Crippen LogP contribution in [-0.2, 0) is 21.2 Å². The summed E-state index contributed by atoms with van der Waals surface area (Å²) in [4.78, 5) is 17.8. The fourth-order valence-corrected chi connectivity index (χ4v) is 6.04. The van der Waals surface area contributed by atoms with E-state index in [-0.39, 0.29) is 17.2 Å². The molecule has 1 amide bonds. The lowest BCUT2D eigenvalue weighted by Gasteiger charge is -2.37. The van der Waals surface area contributed by atoms with E-state index in [1.54, 1.807) is 47.4 Å². The highest BCUT2D eigenvalue weighted by Gasteiger charge is 2.31. The van der Waals surface area contributed by atoms with Crippen LogP contribution in [0, 0.1) is 11.3 Å². The molecule has 1 N–H and O–H groups in total. The topological polar surface area (TPSA) is 93.5 Å². The number of sulfonamides is 1. The van der Waals surface area contributed by atoms with E-state index >= 15 is 0 Å². The standard InChI is InChI=1S/C30H28N4O3S/c31-22-24-8-6-7-23(19-24)20-29(30(35)34-17-15-33(16-18-34)27-11-2-1-3-12-27)32-38(36,37)28-14-13-25-9-4-5-10-26(25)21-28/h1-14,19,21,29,32H,15-18,20H2/t29-/m0/s1. The molecule has 0 radical (unpaired) electrons. The van der Waals surface area contributed by atoms with Gasteiger partial charge in [-0.3, -0.25) is 4.79 Å². The third-order valence-electron chi connectivity index (χ3n) is 6.84. The quantitative estimate of drug-likeness (QED) is 0.395. The lowest BCUT2D eigenvalue weighted by atomic mass is 10.0. The number of para-hydroxylation sites is 1. The SMILES string of the molecule is N#Cc1cccc(C[C@H](NS(=O)(=O)c2ccc3ccccc3c2)C(=O)N2CCN(c3ccccc3)CC2)c1. The minimum Gasteiger partial charge on any atom is -0.368 e. The predicted molar refractivity (Wildman–Crippen MR) is 148 cm³/mol. The van der Waals surface area contributed by atoms with Crippen LogP contribution in [0.25, 0.3) is 10.8 Å². The summed E-state index contributed by atoms with van der Waals surface area (Å²) >= 11 is 0. The molecule has 1 aliphatic heterocycles. The van der Waals surface area contributed by atoms with Crippen molar-refractivity contribution in [3.05, 3.63) is 108 Å². The van der Waals surface area contributed by atoms with Gasteiger partial charge in [0.05, 0.1) is 16.5 Å². The Bertz CT molecular complexity index is 1590. The molecule has 4 aromatic carbocycles. The van der Waals surface area contributed by atoms with E-state index in [1.807, 2.05) is 54.6 Å². The molecular formula is C30H28N4O3S. The Hall–Kier alpha value is -4.19. The molecule has 0 aliphatic carbocycles. The average molecular weight is 525 g/mol. The maximum absolute atomic E-state index is 13.7. The van der Waals surface area contributed by atoms with Crippen LogP contribution in [0.5, 0.6) is 0 Å². The van der Waals surface area contributed by atoms with E-state index in [9.17, 15) is 18.5 Å². The van der Waals surface area contributed by atoms with Gasteiger partial charge in [-0.05, 0) is 59.2 Å². The molecule has 7 nitrogen and oxygen atoms in total. The van der Waals surface area contributed by atoms with Crippen LogP contribution in [0.1, 0.15) is 11.1 Å². The van der Waals surface area contributed by atoms with Crippen molar-refractivity contribution in [2.24, 2.45) is 0 Å². The van der Waals surface area contributed by atoms with Gasteiger partial charge in [-0.2, -0.15) is 9.98 Å². The fourth-order valence-electron chi connectivity index (χ4n) is 4.82. The van der Waals surface area contributed by atoms with Gasteiger partial charge in [0, 0.05) is 31.9 Å². The van der Waals surface area contributed by atoms with Gasteiger partial charge in [0.25, 0.3) is 0 Å². The first-order chi connectivity index (χ1) is 18.4. The lowest BCUT2D eigenvalue weighted by Crippen LogP contribution is -2.55. The first-order valence-corrected chi connectivity index (χ1v) is 14.0. The third-order valence-corrected chi connectivity index (χ3v) is 8.30. The van der Waals surface area contributed by atoms with Gasteiger partial charge in [0.1, 0.15) is 6.04 Å². The second kappa shape index (κ2) is 11.1. The van der Waals surface area contributed by atoms with Gasteiger partial charge in [0.2, 0.25) is 15.9 Å². The zero-order valence-corrected chi connectivity index (χ0v) is 21.6. The Balaban J connectivity index is 1.39.